The largest absolute Gasteiger partial charge is 0.343 e. The van der Waals surface area contributed by atoms with Gasteiger partial charge in [0.05, 0.1) is 10.7 Å². The lowest BCUT2D eigenvalue weighted by atomic mass is 10.1. The number of nitrogens with one attached hydrogen (secondary N) is 3. The van der Waals surface area contributed by atoms with E-state index in [0.717, 1.165) is 19.5 Å². The van der Waals surface area contributed by atoms with Gasteiger partial charge < -0.3 is 15.5 Å². The molecule has 2 heterocycles. The van der Waals surface area contributed by atoms with Gasteiger partial charge in [0.15, 0.2) is 0 Å². The molecule has 6 nitrogen and oxygen atoms in total. The lowest BCUT2D eigenvalue weighted by Gasteiger charge is -2.31. The van der Waals surface area contributed by atoms with Crippen molar-refractivity contribution in [3.63, 3.8) is 0 Å². The smallest absolute Gasteiger partial charge is 0.239 e. The highest BCUT2D eigenvalue weighted by molar-refractivity contribution is 8.00. The standard InChI is InChI=1S/C15H31N5OS/c1-12(17-15(21)13-7-10-19(3)18-13)22-14(16-2)11-20-8-5-4-6-9-20/h12-14,16,18H,4-11H2,1-3H3,(H,17,21). The van der Waals surface area contributed by atoms with Crippen molar-refractivity contribution >= 4 is 17.7 Å². The monoisotopic (exact) mass is 329 g/mol. The zero-order chi connectivity index (χ0) is 15.9. The average Bonchev–Trinajstić information content (AvgIpc) is 2.94. The van der Waals surface area contributed by atoms with Crippen LogP contribution in [0.2, 0.25) is 0 Å². The zero-order valence-corrected chi connectivity index (χ0v) is 14.9. The highest BCUT2D eigenvalue weighted by Gasteiger charge is 2.27. The molecule has 2 saturated heterocycles. The molecule has 7 heteroatoms. The predicted octanol–water partition coefficient (Wildman–Crippen LogP) is 0.422. The van der Waals surface area contributed by atoms with Crippen LogP contribution in [0, 0.1) is 0 Å². The van der Waals surface area contributed by atoms with Crippen LogP contribution in [-0.2, 0) is 4.79 Å². The first-order valence-electron chi connectivity index (χ1n) is 8.41. The molecule has 0 spiro atoms. The maximum Gasteiger partial charge on any atom is 0.239 e. The van der Waals surface area contributed by atoms with Crippen molar-refractivity contribution in [2.75, 3.05) is 40.3 Å². The van der Waals surface area contributed by atoms with Crippen molar-refractivity contribution in [2.24, 2.45) is 0 Å². The number of hydrazine groups is 1. The number of likely N-dealkylation sites (tertiary alicyclic amines) is 1. The number of hydrogen-bond donors (Lipinski definition) is 3. The Morgan fingerprint density at radius 2 is 2.05 bits per heavy atom. The van der Waals surface area contributed by atoms with Crippen molar-refractivity contribution in [1.82, 2.24) is 26.0 Å². The molecule has 22 heavy (non-hydrogen) atoms. The van der Waals surface area contributed by atoms with E-state index in [-0.39, 0.29) is 17.3 Å². The molecule has 0 radical (unpaired) electrons. The van der Waals surface area contributed by atoms with Gasteiger partial charge in [-0.2, -0.15) is 0 Å². The Labute approximate surface area is 138 Å². The lowest BCUT2D eigenvalue weighted by Crippen LogP contribution is -2.47. The van der Waals surface area contributed by atoms with E-state index in [0.29, 0.717) is 5.37 Å². The molecule has 0 bridgehead atoms. The summed E-state index contributed by atoms with van der Waals surface area (Å²) in [6.07, 6.45) is 4.87. The molecule has 3 N–H and O–H groups in total. The van der Waals surface area contributed by atoms with Crippen molar-refractivity contribution in [3.05, 3.63) is 0 Å². The minimum atomic E-state index is -0.0804. The number of amides is 1. The molecular formula is C15H31N5OS. The maximum absolute atomic E-state index is 12.2. The third-order valence-corrected chi connectivity index (χ3v) is 5.59. The molecule has 0 aromatic rings. The van der Waals surface area contributed by atoms with E-state index in [9.17, 15) is 4.79 Å². The number of piperidine rings is 1. The maximum atomic E-state index is 12.2. The number of likely N-dealkylation sites (N-methyl/N-ethyl adjacent to an activating group) is 1. The fourth-order valence-corrected chi connectivity index (χ4v) is 4.18. The Kier molecular flexibility index (Phi) is 7.43. The van der Waals surface area contributed by atoms with Gasteiger partial charge in [-0.1, -0.05) is 6.42 Å². The van der Waals surface area contributed by atoms with Gasteiger partial charge >= 0.3 is 0 Å². The normalized spacial score (nSPS) is 26.8. The second kappa shape index (κ2) is 9.08. The van der Waals surface area contributed by atoms with Crippen molar-refractivity contribution in [1.29, 1.82) is 0 Å². The summed E-state index contributed by atoms with van der Waals surface area (Å²) in [5, 5.41) is 8.95. The fraction of sp³-hybridized carbons (Fsp3) is 0.933. The van der Waals surface area contributed by atoms with Crippen LogP contribution in [0.3, 0.4) is 0 Å². The minimum Gasteiger partial charge on any atom is -0.343 e. The van der Waals surface area contributed by atoms with Crippen LogP contribution >= 0.6 is 11.8 Å². The van der Waals surface area contributed by atoms with Crippen molar-refractivity contribution in [2.45, 2.75) is 49.4 Å². The Morgan fingerprint density at radius 3 is 2.64 bits per heavy atom. The van der Waals surface area contributed by atoms with Gasteiger partial charge in [0.2, 0.25) is 5.91 Å². The molecule has 3 atom stereocenters. The molecule has 2 aliphatic rings. The van der Waals surface area contributed by atoms with E-state index >= 15 is 0 Å². The topological polar surface area (TPSA) is 59.6 Å². The van der Waals surface area contributed by atoms with Crippen molar-refractivity contribution < 1.29 is 4.79 Å². The Bertz CT molecular complexity index is 351. The summed E-state index contributed by atoms with van der Waals surface area (Å²) in [5.41, 5.74) is 3.18. The number of carbonyl (C=O) groups excluding carboxylic acids is 1. The van der Waals surface area contributed by atoms with Crippen LogP contribution in [0.25, 0.3) is 0 Å². The molecule has 0 saturated carbocycles. The molecule has 3 unspecified atom stereocenters. The van der Waals surface area contributed by atoms with Crippen LogP contribution in [-0.4, -0.2) is 72.9 Å². The summed E-state index contributed by atoms with van der Waals surface area (Å²) in [6, 6.07) is -0.0804. The Hall–Kier alpha value is -0.340. The van der Waals surface area contributed by atoms with E-state index < -0.39 is 0 Å². The van der Waals surface area contributed by atoms with Crippen LogP contribution in [0.5, 0.6) is 0 Å². The third kappa shape index (κ3) is 5.70. The van der Waals surface area contributed by atoms with Gasteiger partial charge in [-0.05, 0) is 46.3 Å². The predicted molar refractivity (Wildman–Crippen MR) is 92.5 cm³/mol. The van der Waals surface area contributed by atoms with Gasteiger partial charge in [-0.3, -0.25) is 4.79 Å². The molecule has 0 aromatic carbocycles. The summed E-state index contributed by atoms with van der Waals surface area (Å²) in [5.74, 6) is 0.108. The molecule has 128 valence electrons. The Balaban J connectivity index is 1.71. The summed E-state index contributed by atoms with van der Waals surface area (Å²) >= 11 is 1.80. The lowest BCUT2D eigenvalue weighted by molar-refractivity contribution is -0.123. The van der Waals surface area contributed by atoms with Gasteiger partial charge in [0.1, 0.15) is 6.04 Å². The molecule has 2 fully saturated rings. The van der Waals surface area contributed by atoms with E-state index in [2.05, 4.69) is 27.9 Å². The first-order valence-corrected chi connectivity index (χ1v) is 9.35. The van der Waals surface area contributed by atoms with Gasteiger partial charge in [-0.25, -0.2) is 10.4 Å². The first-order chi connectivity index (χ1) is 10.6. The molecular weight excluding hydrogens is 298 g/mol. The summed E-state index contributed by atoms with van der Waals surface area (Å²) in [4.78, 5) is 14.7. The van der Waals surface area contributed by atoms with Gasteiger partial charge in [0.25, 0.3) is 0 Å². The van der Waals surface area contributed by atoms with E-state index in [1.54, 1.807) is 11.8 Å². The molecule has 2 rings (SSSR count). The van der Waals surface area contributed by atoms with E-state index in [1.807, 2.05) is 19.1 Å². The van der Waals surface area contributed by atoms with Crippen LogP contribution in [0.15, 0.2) is 0 Å². The number of nitrogens with zero attached hydrogens (tertiary/aromatic N) is 2. The zero-order valence-electron chi connectivity index (χ0n) is 14.1. The molecule has 0 aromatic heterocycles. The fourth-order valence-electron chi connectivity index (χ4n) is 3.07. The number of hydrogen-bond acceptors (Lipinski definition) is 6. The van der Waals surface area contributed by atoms with Crippen LogP contribution < -0.4 is 16.1 Å². The summed E-state index contributed by atoms with van der Waals surface area (Å²) in [6.45, 7) is 6.46. The number of thioether (sulfide) groups is 1. The number of carbonyl (C=O) groups is 1. The van der Waals surface area contributed by atoms with E-state index in [4.69, 9.17) is 0 Å². The highest BCUT2D eigenvalue weighted by atomic mass is 32.2. The van der Waals surface area contributed by atoms with Crippen molar-refractivity contribution in [3.8, 4) is 0 Å². The SMILES string of the molecule is CNC(CN1CCCCC1)SC(C)NC(=O)C1CCN(C)N1. The molecule has 0 aliphatic carbocycles. The minimum absolute atomic E-state index is 0.0804. The number of rotatable bonds is 7. The second-order valence-corrected chi connectivity index (χ2v) is 7.87. The molecule has 2 aliphatic heterocycles. The summed E-state index contributed by atoms with van der Waals surface area (Å²) < 4.78 is 0. The quantitative estimate of drug-likeness (QED) is 0.589. The van der Waals surface area contributed by atoms with Gasteiger partial charge in [0, 0.05) is 20.1 Å². The van der Waals surface area contributed by atoms with Gasteiger partial charge in [-0.15, -0.1) is 11.8 Å². The first kappa shape index (κ1) is 18.0. The van der Waals surface area contributed by atoms with Crippen LogP contribution in [0.4, 0.5) is 0 Å². The third-order valence-electron chi connectivity index (χ3n) is 4.35. The van der Waals surface area contributed by atoms with Crippen LogP contribution in [0.1, 0.15) is 32.6 Å². The van der Waals surface area contributed by atoms with E-state index in [1.165, 1.54) is 32.4 Å². The Morgan fingerprint density at radius 1 is 1.32 bits per heavy atom. The molecule has 1 amide bonds. The second-order valence-electron chi connectivity index (χ2n) is 6.32. The highest BCUT2D eigenvalue weighted by Crippen LogP contribution is 2.18. The average molecular weight is 330 g/mol. The summed E-state index contributed by atoms with van der Waals surface area (Å²) in [7, 11) is 3.98.